The molecule has 0 aliphatic heterocycles. The van der Waals surface area contributed by atoms with Crippen molar-refractivity contribution >= 4 is 85.4 Å². The van der Waals surface area contributed by atoms with Gasteiger partial charge in [-0.2, -0.15) is 0 Å². The number of fused-ring (bicyclic) bond motifs is 13. The molecule has 0 atom stereocenters. The van der Waals surface area contributed by atoms with Crippen molar-refractivity contribution in [1.82, 2.24) is 0 Å². The Morgan fingerprint density at radius 1 is 0.333 bits per heavy atom. The molecular weight excluding hydrogens is 741 g/mol. The predicted molar refractivity (Wildman–Crippen MR) is 261 cm³/mol. The summed E-state index contributed by atoms with van der Waals surface area (Å²) in [4.78, 5) is 0. The Kier molecular flexibility index (Phi) is 7.04. The van der Waals surface area contributed by atoms with Crippen molar-refractivity contribution in [3.8, 4) is 44.5 Å². The highest BCUT2D eigenvalue weighted by Gasteiger charge is 2.38. The molecule has 0 spiro atoms. The number of rotatable bonds is 3. The number of thiophene rings is 1. The van der Waals surface area contributed by atoms with Crippen molar-refractivity contribution in [2.24, 2.45) is 0 Å². The number of hydrogen-bond donors (Lipinski definition) is 0. The van der Waals surface area contributed by atoms with Crippen molar-refractivity contribution in [3.63, 3.8) is 0 Å². The summed E-state index contributed by atoms with van der Waals surface area (Å²) in [6.45, 7) is 4.81. The Hall–Kier alpha value is -7.06. The molecule has 0 saturated heterocycles. The average molecular weight is 779 g/mol. The quantitative estimate of drug-likeness (QED) is 0.157. The highest BCUT2D eigenvalue weighted by atomic mass is 32.1. The summed E-state index contributed by atoms with van der Waals surface area (Å²) in [6, 6.07) is 72.9. The highest BCUT2D eigenvalue weighted by Crippen LogP contribution is 2.56. The molecule has 0 saturated carbocycles. The maximum Gasteiger partial charge on any atom is 0.0361 e. The van der Waals surface area contributed by atoms with Crippen LogP contribution in [0.5, 0.6) is 0 Å². The molecule has 0 N–H and O–H groups in total. The van der Waals surface area contributed by atoms with E-state index in [1.165, 1.54) is 130 Å². The molecule has 11 aromatic carbocycles. The van der Waals surface area contributed by atoms with Crippen LogP contribution in [0.2, 0.25) is 0 Å². The van der Waals surface area contributed by atoms with Crippen LogP contribution in [0.3, 0.4) is 0 Å². The Morgan fingerprint density at radius 3 is 1.60 bits per heavy atom. The third-order valence-electron chi connectivity index (χ3n) is 13.6. The summed E-state index contributed by atoms with van der Waals surface area (Å²) >= 11 is 1.91. The van der Waals surface area contributed by atoms with Gasteiger partial charge in [0, 0.05) is 25.6 Å². The molecule has 0 nitrogen and oxygen atoms in total. The second-order valence-electron chi connectivity index (χ2n) is 17.2. The lowest BCUT2D eigenvalue weighted by atomic mass is 9.80. The normalized spacial score (nSPS) is 13.3. The van der Waals surface area contributed by atoms with Crippen molar-refractivity contribution in [1.29, 1.82) is 0 Å². The van der Waals surface area contributed by atoms with Crippen LogP contribution in [0.15, 0.2) is 194 Å². The van der Waals surface area contributed by atoms with E-state index in [-0.39, 0.29) is 5.41 Å². The summed E-state index contributed by atoms with van der Waals surface area (Å²) in [5, 5.41) is 15.6. The molecule has 1 aromatic heterocycles. The van der Waals surface area contributed by atoms with Gasteiger partial charge in [0.05, 0.1) is 0 Å². The second kappa shape index (κ2) is 12.5. The van der Waals surface area contributed by atoms with Gasteiger partial charge < -0.3 is 0 Å². The lowest BCUT2D eigenvalue weighted by Gasteiger charge is -2.23. The van der Waals surface area contributed by atoms with Gasteiger partial charge in [-0.1, -0.05) is 178 Å². The third-order valence-corrected chi connectivity index (χ3v) is 14.7. The minimum atomic E-state index is -0.0831. The van der Waals surface area contributed by atoms with Crippen LogP contribution in [0.25, 0.3) is 119 Å². The van der Waals surface area contributed by atoms with E-state index < -0.39 is 0 Å². The summed E-state index contributed by atoms with van der Waals surface area (Å²) in [7, 11) is 0. The van der Waals surface area contributed by atoms with Gasteiger partial charge in [-0.25, -0.2) is 0 Å². The van der Waals surface area contributed by atoms with Crippen molar-refractivity contribution < 1.29 is 0 Å². The maximum atomic E-state index is 2.45. The molecule has 0 unspecified atom stereocenters. The van der Waals surface area contributed by atoms with E-state index in [4.69, 9.17) is 0 Å². The monoisotopic (exact) mass is 778 g/mol. The molecule has 60 heavy (non-hydrogen) atoms. The smallest absolute Gasteiger partial charge is 0.0361 e. The van der Waals surface area contributed by atoms with Gasteiger partial charge in [0.25, 0.3) is 0 Å². The van der Waals surface area contributed by atoms with Crippen LogP contribution in [0.1, 0.15) is 25.0 Å². The minimum Gasteiger partial charge on any atom is -0.135 e. The average Bonchev–Trinajstić information content (AvgIpc) is 3.78. The largest absolute Gasteiger partial charge is 0.135 e. The number of benzene rings is 11. The first-order valence-corrected chi connectivity index (χ1v) is 21.8. The maximum absolute atomic E-state index is 2.45. The molecule has 1 aliphatic carbocycles. The molecule has 13 rings (SSSR count). The standard InChI is InChI=1S/C59H38S/c1-59(2)51-29-31-53-57(56(51)49-28-26-36-13-4-6-16-43(36)58(49)59)50-34-40(27-30-52(50)60-53)38-22-23-39-33-41(25-24-37(39)32-38)54-45-17-7-9-19-47(45)55(48-20-10-8-18-46(48)54)44-21-11-14-35-12-3-5-15-42(35)44/h3-34H,1-2H3. The van der Waals surface area contributed by atoms with Crippen LogP contribution in [0, 0.1) is 0 Å². The van der Waals surface area contributed by atoms with E-state index in [1.54, 1.807) is 0 Å². The van der Waals surface area contributed by atoms with Gasteiger partial charge in [-0.05, 0) is 140 Å². The fourth-order valence-corrected chi connectivity index (χ4v) is 12.0. The predicted octanol–water partition coefficient (Wildman–Crippen LogP) is 17.1. The lowest BCUT2D eigenvalue weighted by Crippen LogP contribution is -2.15. The van der Waals surface area contributed by atoms with Gasteiger partial charge in [-0.15, -0.1) is 11.3 Å². The Balaban J connectivity index is 0.955. The van der Waals surface area contributed by atoms with E-state index in [1.807, 2.05) is 11.3 Å². The van der Waals surface area contributed by atoms with Crippen molar-refractivity contribution in [3.05, 3.63) is 205 Å². The molecular formula is C59H38S. The topological polar surface area (TPSA) is 0 Å². The fourth-order valence-electron chi connectivity index (χ4n) is 10.9. The van der Waals surface area contributed by atoms with E-state index in [0.717, 1.165) is 0 Å². The fraction of sp³-hybridized carbons (Fsp3) is 0.0508. The zero-order valence-corrected chi connectivity index (χ0v) is 34.2. The zero-order valence-electron chi connectivity index (χ0n) is 33.4. The van der Waals surface area contributed by atoms with E-state index in [9.17, 15) is 0 Å². The van der Waals surface area contributed by atoms with E-state index >= 15 is 0 Å². The van der Waals surface area contributed by atoms with Crippen molar-refractivity contribution in [2.45, 2.75) is 19.3 Å². The molecule has 0 bridgehead atoms. The van der Waals surface area contributed by atoms with Gasteiger partial charge in [0.15, 0.2) is 0 Å². The lowest BCUT2D eigenvalue weighted by molar-refractivity contribution is 0.667. The molecule has 0 amide bonds. The van der Waals surface area contributed by atoms with E-state index in [0.29, 0.717) is 0 Å². The molecule has 280 valence electrons. The molecule has 1 heterocycles. The highest BCUT2D eigenvalue weighted by molar-refractivity contribution is 7.26. The van der Waals surface area contributed by atoms with Gasteiger partial charge in [0.2, 0.25) is 0 Å². The van der Waals surface area contributed by atoms with Gasteiger partial charge in [0.1, 0.15) is 0 Å². The SMILES string of the molecule is CC1(C)c2ccc3sc4ccc(-c5ccc6cc(-c7c8ccccc8c(-c8cccc9ccccc89)c8ccccc78)ccc6c5)cc4c3c2-c2ccc3ccccc3c21. The molecule has 1 aliphatic rings. The minimum absolute atomic E-state index is 0.0831. The Labute approximate surface area is 352 Å². The zero-order chi connectivity index (χ0) is 39.7. The van der Waals surface area contributed by atoms with Crippen molar-refractivity contribution in [2.75, 3.05) is 0 Å². The van der Waals surface area contributed by atoms with Crippen LogP contribution in [-0.2, 0) is 5.41 Å². The Morgan fingerprint density at radius 2 is 0.867 bits per heavy atom. The summed E-state index contributed by atoms with van der Waals surface area (Å²) in [5.41, 5.74) is 13.2. The molecule has 1 heteroatoms. The first-order valence-electron chi connectivity index (χ1n) is 21.0. The van der Waals surface area contributed by atoms with Crippen LogP contribution in [-0.4, -0.2) is 0 Å². The van der Waals surface area contributed by atoms with Crippen LogP contribution in [0.4, 0.5) is 0 Å². The second-order valence-corrected chi connectivity index (χ2v) is 18.2. The summed E-state index contributed by atoms with van der Waals surface area (Å²) in [5.74, 6) is 0. The molecule has 0 radical (unpaired) electrons. The summed E-state index contributed by atoms with van der Waals surface area (Å²) in [6.07, 6.45) is 0. The number of hydrogen-bond acceptors (Lipinski definition) is 1. The van der Waals surface area contributed by atoms with Gasteiger partial charge in [-0.3, -0.25) is 0 Å². The molecule has 0 fully saturated rings. The third kappa shape index (κ3) is 4.73. The summed E-state index contributed by atoms with van der Waals surface area (Å²) < 4.78 is 2.69. The van der Waals surface area contributed by atoms with Gasteiger partial charge >= 0.3 is 0 Å². The Bertz CT molecular complexity index is 3740. The van der Waals surface area contributed by atoms with Crippen LogP contribution < -0.4 is 0 Å². The molecule has 12 aromatic rings. The first kappa shape index (κ1) is 33.9. The van der Waals surface area contributed by atoms with Crippen LogP contribution >= 0.6 is 11.3 Å². The first-order chi connectivity index (χ1) is 29.5. The van der Waals surface area contributed by atoms with E-state index in [2.05, 4.69) is 208 Å².